The molecule has 3 amide bonds. The van der Waals surface area contributed by atoms with Gasteiger partial charge in [0.05, 0.1) is 11.6 Å². The van der Waals surface area contributed by atoms with Gasteiger partial charge in [0.1, 0.15) is 0 Å². The standard InChI is InChI=1S/C10H21N3O3/c1-5-11-9(15)13-8(14)7(2)12-6-10(3,4)16/h7,12,16H,5-6H2,1-4H3,(H2,11,13,14,15). The molecule has 0 aromatic heterocycles. The first-order chi connectivity index (χ1) is 7.26. The number of imide groups is 1. The summed E-state index contributed by atoms with van der Waals surface area (Å²) >= 11 is 0. The van der Waals surface area contributed by atoms with Crippen LogP contribution in [0.2, 0.25) is 0 Å². The van der Waals surface area contributed by atoms with Crippen molar-refractivity contribution in [2.45, 2.75) is 39.3 Å². The Morgan fingerprint density at radius 1 is 1.38 bits per heavy atom. The molecule has 0 aliphatic carbocycles. The number of carbonyl (C=O) groups is 2. The number of amides is 3. The lowest BCUT2D eigenvalue weighted by atomic mass is 10.1. The number of aliphatic hydroxyl groups is 1. The van der Waals surface area contributed by atoms with E-state index in [1.54, 1.807) is 27.7 Å². The van der Waals surface area contributed by atoms with E-state index >= 15 is 0 Å². The van der Waals surface area contributed by atoms with E-state index in [0.717, 1.165) is 0 Å². The van der Waals surface area contributed by atoms with Gasteiger partial charge in [-0.3, -0.25) is 10.1 Å². The largest absolute Gasteiger partial charge is 0.389 e. The van der Waals surface area contributed by atoms with Gasteiger partial charge in [0.2, 0.25) is 5.91 Å². The summed E-state index contributed by atoms with van der Waals surface area (Å²) in [5.74, 6) is -0.421. The van der Waals surface area contributed by atoms with E-state index in [9.17, 15) is 14.7 Å². The highest BCUT2D eigenvalue weighted by atomic mass is 16.3. The number of hydrogen-bond acceptors (Lipinski definition) is 4. The van der Waals surface area contributed by atoms with E-state index < -0.39 is 23.6 Å². The van der Waals surface area contributed by atoms with E-state index in [1.807, 2.05) is 0 Å². The molecule has 0 radical (unpaired) electrons. The van der Waals surface area contributed by atoms with Gasteiger partial charge in [-0.25, -0.2) is 4.79 Å². The monoisotopic (exact) mass is 231 g/mol. The van der Waals surface area contributed by atoms with Crippen LogP contribution < -0.4 is 16.0 Å². The fourth-order valence-corrected chi connectivity index (χ4v) is 0.920. The predicted octanol–water partition coefficient (Wildman–Crippen LogP) is -0.419. The van der Waals surface area contributed by atoms with Crippen molar-refractivity contribution >= 4 is 11.9 Å². The van der Waals surface area contributed by atoms with Crippen molar-refractivity contribution in [1.29, 1.82) is 0 Å². The molecule has 0 aromatic rings. The molecule has 0 heterocycles. The van der Waals surface area contributed by atoms with Crippen LogP contribution in [0.1, 0.15) is 27.7 Å². The van der Waals surface area contributed by atoms with E-state index in [1.165, 1.54) is 0 Å². The molecule has 1 atom stereocenters. The van der Waals surface area contributed by atoms with Crippen LogP contribution in [-0.2, 0) is 4.79 Å². The fraction of sp³-hybridized carbons (Fsp3) is 0.800. The zero-order chi connectivity index (χ0) is 12.8. The van der Waals surface area contributed by atoms with Crippen LogP contribution in [0, 0.1) is 0 Å². The summed E-state index contributed by atoms with van der Waals surface area (Å²) in [5.41, 5.74) is -0.889. The topological polar surface area (TPSA) is 90.5 Å². The van der Waals surface area contributed by atoms with E-state index in [2.05, 4.69) is 16.0 Å². The molecule has 0 saturated carbocycles. The molecular weight excluding hydrogens is 210 g/mol. The molecule has 6 heteroatoms. The highest BCUT2D eigenvalue weighted by molar-refractivity contribution is 5.96. The summed E-state index contributed by atoms with van der Waals surface area (Å²) < 4.78 is 0. The highest BCUT2D eigenvalue weighted by Crippen LogP contribution is 1.98. The molecule has 0 saturated heterocycles. The second kappa shape index (κ2) is 6.44. The van der Waals surface area contributed by atoms with Crippen LogP contribution >= 0.6 is 0 Å². The van der Waals surface area contributed by atoms with Crippen LogP contribution in [0.25, 0.3) is 0 Å². The zero-order valence-electron chi connectivity index (χ0n) is 10.3. The summed E-state index contributed by atoms with van der Waals surface area (Å²) in [4.78, 5) is 22.5. The lowest BCUT2D eigenvalue weighted by Crippen LogP contribution is -2.50. The average molecular weight is 231 g/mol. The van der Waals surface area contributed by atoms with Gasteiger partial charge in [0.15, 0.2) is 0 Å². The normalized spacial score (nSPS) is 13.1. The fourth-order valence-electron chi connectivity index (χ4n) is 0.920. The summed E-state index contributed by atoms with van der Waals surface area (Å²) in [5, 5.41) is 16.9. The number of carbonyl (C=O) groups excluding carboxylic acids is 2. The molecular formula is C10H21N3O3. The number of urea groups is 1. The van der Waals surface area contributed by atoms with Gasteiger partial charge in [-0.2, -0.15) is 0 Å². The molecule has 0 bridgehead atoms. The maximum absolute atomic E-state index is 11.4. The minimum atomic E-state index is -0.889. The van der Waals surface area contributed by atoms with Crippen molar-refractivity contribution in [3.05, 3.63) is 0 Å². The first-order valence-electron chi connectivity index (χ1n) is 5.30. The molecule has 0 fully saturated rings. The molecule has 0 spiro atoms. The first kappa shape index (κ1) is 14.9. The summed E-state index contributed by atoms with van der Waals surface area (Å²) in [6.45, 7) is 7.39. The Balaban J connectivity index is 3.95. The van der Waals surface area contributed by atoms with Gasteiger partial charge in [-0.15, -0.1) is 0 Å². The van der Waals surface area contributed by atoms with Crippen molar-refractivity contribution in [3.8, 4) is 0 Å². The van der Waals surface area contributed by atoms with Gasteiger partial charge in [0, 0.05) is 13.1 Å². The van der Waals surface area contributed by atoms with Crippen LogP contribution in [0.3, 0.4) is 0 Å². The molecule has 1 unspecified atom stereocenters. The molecule has 16 heavy (non-hydrogen) atoms. The molecule has 94 valence electrons. The number of nitrogens with one attached hydrogen (secondary N) is 3. The van der Waals surface area contributed by atoms with Crippen LogP contribution in [0.15, 0.2) is 0 Å². The lowest BCUT2D eigenvalue weighted by Gasteiger charge is -2.21. The quantitative estimate of drug-likeness (QED) is 0.517. The van der Waals surface area contributed by atoms with Crippen molar-refractivity contribution in [2.24, 2.45) is 0 Å². The maximum Gasteiger partial charge on any atom is 0.321 e. The molecule has 0 aliphatic rings. The summed E-state index contributed by atoms with van der Waals surface area (Å²) in [6.07, 6.45) is 0. The Morgan fingerprint density at radius 2 is 1.94 bits per heavy atom. The second-order valence-electron chi connectivity index (χ2n) is 4.26. The maximum atomic E-state index is 11.4. The minimum Gasteiger partial charge on any atom is -0.389 e. The Hall–Kier alpha value is -1.14. The second-order valence-corrected chi connectivity index (χ2v) is 4.26. The third-order valence-electron chi connectivity index (χ3n) is 1.81. The molecule has 0 aliphatic heterocycles. The first-order valence-corrected chi connectivity index (χ1v) is 5.30. The van der Waals surface area contributed by atoms with Crippen molar-refractivity contribution in [1.82, 2.24) is 16.0 Å². The summed E-state index contributed by atoms with van der Waals surface area (Å²) in [6, 6.07) is -1.04. The third-order valence-corrected chi connectivity index (χ3v) is 1.81. The molecule has 0 rings (SSSR count). The Bertz CT molecular complexity index is 248. The predicted molar refractivity (Wildman–Crippen MR) is 61.0 cm³/mol. The van der Waals surface area contributed by atoms with Crippen LogP contribution in [-0.4, -0.2) is 41.8 Å². The van der Waals surface area contributed by atoms with Gasteiger partial charge in [0.25, 0.3) is 0 Å². The van der Waals surface area contributed by atoms with Gasteiger partial charge in [-0.05, 0) is 27.7 Å². The Morgan fingerprint density at radius 3 is 2.38 bits per heavy atom. The van der Waals surface area contributed by atoms with E-state index in [-0.39, 0.29) is 6.54 Å². The van der Waals surface area contributed by atoms with Gasteiger partial charge >= 0.3 is 6.03 Å². The summed E-state index contributed by atoms with van der Waals surface area (Å²) in [7, 11) is 0. The Labute approximate surface area is 95.8 Å². The molecule has 4 N–H and O–H groups in total. The zero-order valence-corrected chi connectivity index (χ0v) is 10.3. The smallest absolute Gasteiger partial charge is 0.321 e. The van der Waals surface area contributed by atoms with Crippen molar-refractivity contribution < 1.29 is 14.7 Å². The minimum absolute atomic E-state index is 0.275. The third kappa shape index (κ3) is 7.19. The average Bonchev–Trinajstić information content (AvgIpc) is 2.13. The van der Waals surface area contributed by atoms with Crippen molar-refractivity contribution in [3.63, 3.8) is 0 Å². The number of rotatable bonds is 5. The van der Waals surface area contributed by atoms with E-state index in [4.69, 9.17) is 0 Å². The van der Waals surface area contributed by atoms with Gasteiger partial charge < -0.3 is 15.7 Å². The van der Waals surface area contributed by atoms with Gasteiger partial charge in [-0.1, -0.05) is 0 Å². The lowest BCUT2D eigenvalue weighted by molar-refractivity contribution is -0.121. The SMILES string of the molecule is CCNC(=O)NC(=O)C(C)NCC(C)(C)O. The van der Waals surface area contributed by atoms with Crippen molar-refractivity contribution in [2.75, 3.05) is 13.1 Å². The Kier molecular flexibility index (Phi) is 5.98. The molecule has 6 nitrogen and oxygen atoms in total. The molecule has 0 aromatic carbocycles. The number of hydrogen-bond donors (Lipinski definition) is 4. The van der Waals surface area contributed by atoms with Crippen LogP contribution in [0.5, 0.6) is 0 Å². The van der Waals surface area contributed by atoms with Crippen LogP contribution in [0.4, 0.5) is 4.79 Å². The van der Waals surface area contributed by atoms with E-state index in [0.29, 0.717) is 6.54 Å². The highest BCUT2D eigenvalue weighted by Gasteiger charge is 2.18.